The number of rotatable bonds is 30. The van der Waals surface area contributed by atoms with Crippen LogP contribution in [0.5, 0.6) is 5.75 Å². The lowest BCUT2D eigenvalue weighted by molar-refractivity contribution is -0.149. The van der Waals surface area contributed by atoms with Gasteiger partial charge in [-0.05, 0) is 62.7 Å². The summed E-state index contributed by atoms with van der Waals surface area (Å²) in [6.45, 7) is 11.7. The summed E-state index contributed by atoms with van der Waals surface area (Å²) in [7, 11) is 3.67. The molecule has 1 aliphatic heterocycles. The number of aromatic hydroxyl groups is 1. The first-order valence-electron chi connectivity index (χ1n) is 23.8. The van der Waals surface area contributed by atoms with Crippen molar-refractivity contribution in [2.24, 2.45) is 23.7 Å². The number of ether oxygens (including phenoxy) is 2. The molecule has 0 bridgehead atoms. The van der Waals surface area contributed by atoms with Crippen molar-refractivity contribution in [2.45, 2.75) is 140 Å². The van der Waals surface area contributed by atoms with E-state index in [1.165, 1.54) is 25.3 Å². The van der Waals surface area contributed by atoms with E-state index < -0.39 is 69.4 Å². The molecule has 3 amide bonds. The third-order valence-corrected chi connectivity index (χ3v) is 16.4. The lowest BCUT2D eigenvalue weighted by Gasteiger charge is -2.37. The number of halogens is 2. The monoisotopic (exact) mass is 1130 g/mol. The molecule has 1 aromatic carbocycles. The fourth-order valence-electron chi connectivity index (χ4n) is 8.48. The molecule has 2 aromatic rings. The summed E-state index contributed by atoms with van der Waals surface area (Å²) in [6, 6.07) is 3.28. The van der Waals surface area contributed by atoms with Crippen LogP contribution in [0.1, 0.15) is 126 Å². The second kappa shape index (κ2) is 29.3. The van der Waals surface area contributed by atoms with E-state index in [4.69, 9.17) is 14.6 Å². The Bertz CT molecular complexity index is 2120. The predicted molar refractivity (Wildman–Crippen MR) is 270 cm³/mol. The number of carboxylic acid groups (broad SMARTS) is 2. The molecule has 1 aromatic heterocycles. The number of piperidine rings is 1. The van der Waals surface area contributed by atoms with E-state index >= 15 is 0 Å². The van der Waals surface area contributed by atoms with Crippen molar-refractivity contribution in [1.29, 1.82) is 0 Å². The summed E-state index contributed by atoms with van der Waals surface area (Å²) >= 11 is 7.06. The molecule has 0 aliphatic carbocycles. The Morgan fingerprint density at radius 1 is 0.986 bits per heavy atom. The van der Waals surface area contributed by atoms with Crippen molar-refractivity contribution in [2.75, 3.05) is 40.4 Å². The molecule has 5 N–H and O–H groups in total. The number of aliphatic carboxylic acids is 2. The number of carbonyl (C=O) groups excluding carboxylic acids is 6. The standard InChI is InChI=1S/C49H71Br2N5O13S/c1-9-28(4)35(24-40(60)37-12-10-11-17-55(37)7)47(63)56(8)38(27(2)3)25-41(69-30(6)57)46-54-36(26-70-46)44(61)53-33(20-29(5)48(64)65)22-31-13-14-39(59)32(21-31)23-34(58)15-18-68-19-16-52-45(62)42(50)43(51)49(66)67/h13-14,21,26-29,33,35,37-38,41-43,59H,9-12,15-20,22-25H2,1-8H3,(H,52,62)(H,53,61)(H,64,65)(H,66,67)/t28-,29?,33+,35-,37+,38+,41+,42?,43?/m0/s1. The number of phenolic OH excluding ortho intramolecular Hbond substituents is 1. The highest BCUT2D eigenvalue weighted by Gasteiger charge is 2.38. The number of likely N-dealkylation sites (tertiary alicyclic amines) is 1. The number of likely N-dealkylation sites (N-methyl/N-ethyl adjacent to an activating group) is 1. The van der Waals surface area contributed by atoms with E-state index in [0.29, 0.717) is 22.6 Å². The highest BCUT2D eigenvalue weighted by Crippen LogP contribution is 2.33. The Morgan fingerprint density at radius 2 is 1.69 bits per heavy atom. The third-order valence-electron chi connectivity index (χ3n) is 12.8. The SMILES string of the molecule is CC[C@H](C)[C@H](CC(=O)[C@H]1CCCCN1C)C(=O)N(C)[C@H](C[C@@H](OC(C)=O)c1nc(C(=O)N[C@@H](Cc2ccc(O)c(CC(=O)CCOCCNC(=O)C(Br)C(Br)C(=O)O)c2)CC(C)C(=O)O)cs1)C(C)C. The van der Waals surface area contributed by atoms with Gasteiger partial charge in [-0.25, -0.2) is 4.98 Å². The van der Waals surface area contributed by atoms with Crippen LogP contribution in [-0.4, -0.2) is 145 Å². The van der Waals surface area contributed by atoms with Crippen LogP contribution in [-0.2, 0) is 55.9 Å². The topological polar surface area (TPSA) is 259 Å². The minimum Gasteiger partial charge on any atom is -0.508 e. The summed E-state index contributed by atoms with van der Waals surface area (Å²) in [4.78, 5) is 109. The number of ketones is 2. The minimum absolute atomic E-state index is 0.00371. The zero-order valence-electron chi connectivity index (χ0n) is 41.4. The molecule has 0 spiro atoms. The van der Waals surface area contributed by atoms with Crippen molar-refractivity contribution in [3.05, 3.63) is 45.4 Å². The Labute approximate surface area is 431 Å². The molecule has 21 heteroatoms. The second-order valence-corrected chi connectivity index (χ2v) is 21.5. The van der Waals surface area contributed by atoms with Gasteiger partial charge >= 0.3 is 17.9 Å². The van der Waals surface area contributed by atoms with Crippen LogP contribution < -0.4 is 10.6 Å². The van der Waals surface area contributed by atoms with Crippen molar-refractivity contribution in [3.63, 3.8) is 0 Å². The highest BCUT2D eigenvalue weighted by molar-refractivity contribution is 9.12. The zero-order chi connectivity index (χ0) is 52.4. The number of carbonyl (C=O) groups is 8. The van der Waals surface area contributed by atoms with Gasteiger partial charge in [-0.2, -0.15) is 0 Å². The number of nitrogens with zero attached hydrogens (tertiary/aromatic N) is 3. The molecular weight excluding hydrogens is 1060 g/mol. The Balaban J connectivity index is 1.73. The Kier molecular flexibility index (Phi) is 25.1. The fourth-order valence-corrected chi connectivity index (χ4v) is 9.94. The predicted octanol–water partition coefficient (Wildman–Crippen LogP) is 6.13. The van der Waals surface area contributed by atoms with E-state index in [0.717, 1.165) is 37.1 Å². The normalized spacial score (nSPS) is 17.5. The molecule has 3 unspecified atom stereocenters. The van der Waals surface area contributed by atoms with Crippen molar-refractivity contribution >= 4 is 90.4 Å². The van der Waals surface area contributed by atoms with Crippen molar-refractivity contribution in [3.8, 4) is 5.75 Å². The van der Waals surface area contributed by atoms with E-state index in [1.807, 2.05) is 34.7 Å². The largest absolute Gasteiger partial charge is 0.508 e. The maximum atomic E-state index is 14.4. The summed E-state index contributed by atoms with van der Waals surface area (Å²) in [5.74, 6) is -6.02. The number of carboxylic acids is 2. The minimum atomic E-state index is -1.20. The number of nitrogens with one attached hydrogen (secondary N) is 2. The Hall–Kier alpha value is -4.31. The van der Waals surface area contributed by atoms with Crippen LogP contribution in [0.25, 0.3) is 0 Å². The lowest BCUT2D eigenvalue weighted by atomic mass is 9.83. The number of amides is 3. The van der Waals surface area contributed by atoms with Gasteiger partial charge in [-0.15, -0.1) is 11.3 Å². The number of alkyl halides is 2. The van der Waals surface area contributed by atoms with Crippen LogP contribution in [0.4, 0.5) is 0 Å². The highest BCUT2D eigenvalue weighted by atomic mass is 79.9. The first-order chi connectivity index (χ1) is 32.9. The van der Waals surface area contributed by atoms with Gasteiger partial charge in [0.25, 0.3) is 5.91 Å². The molecule has 3 rings (SSSR count). The number of aromatic nitrogens is 1. The van der Waals surface area contributed by atoms with Gasteiger partial charge in [-0.1, -0.05) is 91.5 Å². The van der Waals surface area contributed by atoms with E-state index in [-0.39, 0.29) is 105 Å². The molecule has 70 heavy (non-hydrogen) atoms. The number of phenols is 1. The average Bonchev–Trinajstić information content (AvgIpc) is 3.81. The first-order valence-corrected chi connectivity index (χ1v) is 26.5. The molecule has 2 heterocycles. The number of thiazole rings is 1. The summed E-state index contributed by atoms with van der Waals surface area (Å²) in [6.07, 6.45) is 2.90. The molecule has 390 valence electrons. The third kappa shape index (κ3) is 18.7. The summed E-state index contributed by atoms with van der Waals surface area (Å²) in [5.41, 5.74) is 0.946. The Morgan fingerprint density at radius 3 is 2.30 bits per heavy atom. The molecule has 9 atom stereocenters. The lowest BCUT2D eigenvalue weighted by Crippen LogP contribution is -2.48. The number of Topliss-reactive ketones (excluding diaryl/α,β-unsaturated/α-hetero) is 2. The average molecular weight is 1130 g/mol. The van der Waals surface area contributed by atoms with Gasteiger partial charge in [0.1, 0.15) is 31.9 Å². The molecule has 1 saturated heterocycles. The van der Waals surface area contributed by atoms with E-state index in [1.54, 1.807) is 24.1 Å². The number of hydrogen-bond donors (Lipinski definition) is 5. The van der Waals surface area contributed by atoms with Crippen LogP contribution in [0, 0.1) is 23.7 Å². The van der Waals surface area contributed by atoms with Gasteiger partial charge in [0.2, 0.25) is 11.8 Å². The summed E-state index contributed by atoms with van der Waals surface area (Å²) < 4.78 is 11.3. The molecule has 1 aliphatic rings. The number of hydrogen-bond acceptors (Lipinski definition) is 14. The van der Waals surface area contributed by atoms with E-state index in [9.17, 15) is 48.6 Å². The molecule has 18 nitrogen and oxygen atoms in total. The maximum absolute atomic E-state index is 14.4. The summed E-state index contributed by atoms with van der Waals surface area (Å²) in [5, 5.41) is 36.8. The van der Waals surface area contributed by atoms with Gasteiger partial charge in [0, 0.05) is 75.1 Å². The molecular formula is C49H71Br2N5O13S. The smallest absolute Gasteiger partial charge is 0.318 e. The molecule has 0 radical (unpaired) electrons. The van der Waals surface area contributed by atoms with Crippen LogP contribution in [0.2, 0.25) is 0 Å². The fraction of sp³-hybridized carbons (Fsp3) is 0.653. The van der Waals surface area contributed by atoms with Gasteiger partial charge in [-0.3, -0.25) is 43.3 Å². The number of benzene rings is 1. The molecule has 0 saturated carbocycles. The molecule has 1 fully saturated rings. The van der Waals surface area contributed by atoms with Gasteiger partial charge in [0.05, 0.1) is 25.2 Å². The van der Waals surface area contributed by atoms with Crippen LogP contribution in [0.15, 0.2) is 23.6 Å². The first kappa shape index (κ1) is 60.0. The van der Waals surface area contributed by atoms with Crippen molar-refractivity contribution in [1.82, 2.24) is 25.4 Å². The number of esters is 1. The van der Waals surface area contributed by atoms with Crippen molar-refractivity contribution < 1.29 is 63.1 Å². The van der Waals surface area contributed by atoms with Crippen LogP contribution >= 0.6 is 43.2 Å². The maximum Gasteiger partial charge on any atom is 0.318 e. The quantitative estimate of drug-likeness (QED) is 0.0335. The second-order valence-electron chi connectivity index (χ2n) is 18.6. The van der Waals surface area contributed by atoms with Gasteiger partial charge in [0.15, 0.2) is 11.9 Å². The van der Waals surface area contributed by atoms with Gasteiger partial charge < -0.3 is 40.3 Å². The van der Waals surface area contributed by atoms with Crippen LogP contribution in [0.3, 0.4) is 0 Å². The van der Waals surface area contributed by atoms with E-state index in [2.05, 4.69) is 52.4 Å². The zero-order valence-corrected chi connectivity index (χ0v) is 45.4.